The molecule has 0 saturated carbocycles. The largest absolute Gasteiger partial charge is 0.466 e. The van der Waals surface area contributed by atoms with Crippen molar-refractivity contribution in [2.45, 2.75) is 13.5 Å². The molecule has 0 spiro atoms. The number of furan rings is 1. The van der Waals surface area contributed by atoms with Gasteiger partial charge < -0.3 is 9.73 Å². The highest BCUT2D eigenvalue weighted by atomic mass is 79.9. The Hall–Kier alpha value is -1.80. The van der Waals surface area contributed by atoms with E-state index in [0.717, 1.165) is 10.2 Å². The molecule has 1 N–H and O–H groups in total. The summed E-state index contributed by atoms with van der Waals surface area (Å²) in [5, 5.41) is 11.9. The Morgan fingerprint density at radius 3 is 2.89 bits per heavy atom. The normalized spacial score (nSPS) is 10.1. The van der Waals surface area contributed by atoms with E-state index in [1.165, 1.54) is 6.07 Å². The third kappa shape index (κ3) is 2.54. The van der Waals surface area contributed by atoms with Crippen LogP contribution in [-0.2, 0) is 6.54 Å². The van der Waals surface area contributed by atoms with Gasteiger partial charge in [-0.05, 0) is 41.1 Å². The number of benzene rings is 1. The summed E-state index contributed by atoms with van der Waals surface area (Å²) in [6, 6.07) is 6.56. The van der Waals surface area contributed by atoms with Crippen molar-refractivity contribution in [3.05, 3.63) is 51.6 Å². The number of halogens is 2. The molecular weight excluding hydrogens is 299 g/mol. The van der Waals surface area contributed by atoms with Crippen molar-refractivity contribution in [3.63, 3.8) is 0 Å². The second-order valence-electron chi connectivity index (χ2n) is 3.79. The van der Waals surface area contributed by atoms with Crippen LogP contribution in [-0.4, -0.2) is 0 Å². The molecule has 1 heterocycles. The first kappa shape index (κ1) is 12.7. The highest BCUT2D eigenvalue weighted by molar-refractivity contribution is 9.10. The van der Waals surface area contributed by atoms with Gasteiger partial charge in [0.1, 0.15) is 11.6 Å². The summed E-state index contributed by atoms with van der Waals surface area (Å²) < 4.78 is 19.6. The van der Waals surface area contributed by atoms with Gasteiger partial charge in [0.2, 0.25) is 0 Å². The number of nitrogens with one attached hydrogen (secondary N) is 1. The third-order valence-corrected chi connectivity index (χ3v) is 3.31. The average Bonchev–Trinajstić information content (AvgIpc) is 2.76. The Kier molecular flexibility index (Phi) is 3.68. The highest BCUT2D eigenvalue weighted by Gasteiger charge is 2.08. The monoisotopic (exact) mass is 308 g/mol. The van der Waals surface area contributed by atoms with E-state index in [2.05, 4.69) is 21.2 Å². The fourth-order valence-corrected chi connectivity index (χ4v) is 1.90. The second kappa shape index (κ2) is 5.23. The van der Waals surface area contributed by atoms with Crippen LogP contribution in [0.15, 0.2) is 33.4 Å². The van der Waals surface area contributed by atoms with Crippen molar-refractivity contribution in [1.29, 1.82) is 5.26 Å². The molecule has 0 unspecified atom stereocenters. The predicted molar refractivity (Wildman–Crippen MR) is 69.6 cm³/mol. The lowest BCUT2D eigenvalue weighted by molar-refractivity contribution is 0.515. The first-order valence-electron chi connectivity index (χ1n) is 5.28. The SMILES string of the molecule is Cc1c(F)cc(C#N)cc1NCc1occc1Br. The minimum absolute atomic E-state index is 0.291. The summed E-state index contributed by atoms with van der Waals surface area (Å²) in [6.07, 6.45) is 1.57. The van der Waals surface area contributed by atoms with Crippen LogP contribution in [0.5, 0.6) is 0 Å². The van der Waals surface area contributed by atoms with Gasteiger partial charge in [-0.15, -0.1) is 0 Å². The van der Waals surface area contributed by atoms with Gasteiger partial charge in [0.05, 0.1) is 28.9 Å². The van der Waals surface area contributed by atoms with Crippen molar-refractivity contribution in [2.75, 3.05) is 5.32 Å². The minimum Gasteiger partial charge on any atom is -0.466 e. The number of anilines is 1. The van der Waals surface area contributed by atoms with E-state index in [1.807, 2.05) is 6.07 Å². The molecule has 0 fully saturated rings. The maximum Gasteiger partial charge on any atom is 0.136 e. The van der Waals surface area contributed by atoms with Crippen LogP contribution in [0.2, 0.25) is 0 Å². The zero-order valence-corrected chi connectivity index (χ0v) is 11.2. The van der Waals surface area contributed by atoms with Crippen molar-refractivity contribution < 1.29 is 8.81 Å². The van der Waals surface area contributed by atoms with Gasteiger partial charge in [-0.2, -0.15) is 5.26 Å². The topological polar surface area (TPSA) is 49.0 Å². The zero-order chi connectivity index (χ0) is 13.1. The van der Waals surface area contributed by atoms with E-state index >= 15 is 0 Å². The van der Waals surface area contributed by atoms with Crippen LogP contribution in [0.3, 0.4) is 0 Å². The van der Waals surface area contributed by atoms with Gasteiger partial charge >= 0.3 is 0 Å². The zero-order valence-electron chi connectivity index (χ0n) is 9.63. The molecular formula is C13H10BrFN2O. The maximum absolute atomic E-state index is 13.5. The van der Waals surface area contributed by atoms with E-state index in [1.54, 1.807) is 25.3 Å². The third-order valence-electron chi connectivity index (χ3n) is 2.60. The lowest BCUT2D eigenvalue weighted by atomic mass is 10.1. The summed E-state index contributed by atoms with van der Waals surface area (Å²) >= 11 is 3.34. The Morgan fingerprint density at radius 1 is 1.50 bits per heavy atom. The van der Waals surface area contributed by atoms with Gasteiger partial charge in [0.25, 0.3) is 0 Å². The molecule has 0 bridgehead atoms. The van der Waals surface area contributed by atoms with Crippen LogP contribution in [0.4, 0.5) is 10.1 Å². The smallest absolute Gasteiger partial charge is 0.136 e. The van der Waals surface area contributed by atoms with E-state index in [4.69, 9.17) is 9.68 Å². The number of hydrogen-bond donors (Lipinski definition) is 1. The summed E-state index contributed by atoms with van der Waals surface area (Å²) in [5.41, 5.74) is 1.37. The fraction of sp³-hybridized carbons (Fsp3) is 0.154. The molecule has 5 heteroatoms. The van der Waals surface area contributed by atoms with Gasteiger partial charge in [0.15, 0.2) is 0 Å². The van der Waals surface area contributed by atoms with Crippen LogP contribution < -0.4 is 5.32 Å². The lowest BCUT2D eigenvalue weighted by Gasteiger charge is -2.09. The molecule has 18 heavy (non-hydrogen) atoms. The van der Waals surface area contributed by atoms with Crippen LogP contribution in [0, 0.1) is 24.1 Å². The molecule has 0 amide bonds. The first-order chi connectivity index (χ1) is 8.61. The molecule has 0 aliphatic rings. The van der Waals surface area contributed by atoms with Crippen molar-refractivity contribution in [1.82, 2.24) is 0 Å². The van der Waals surface area contributed by atoms with Crippen LogP contribution in [0.25, 0.3) is 0 Å². The molecule has 0 aliphatic heterocycles. The molecule has 92 valence electrons. The highest BCUT2D eigenvalue weighted by Crippen LogP contribution is 2.23. The van der Waals surface area contributed by atoms with E-state index in [9.17, 15) is 4.39 Å². The summed E-state index contributed by atoms with van der Waals surface area (Å²) in [5.74, 6) is 0.326. The van der Waals surface area contributed by atoms with Gasteiger partial charge in [-0.25, -0.2) is 4.39 Å². The van der Waals surface area contributed by atoms with E-state index < -0.39 is 5.82 Å². The van der Waals surface area contributed by atoms with Crippen LogP contribution >= 0.6 is 15.9 Å². The Morgan fingerprint density at radius 2 is 2.28 bits per heavy atom. The number of rotatable bonds is 3. The average molecular weight is 309 g/mol. The van der Waals surface area contributed by atoms with Crippen molar-refractivity contribution in [2.24, 2.45) is 0 Å². The van der Waals surface area contributed by atoms with E-state index in [0.29, 0.717) is 23.4 Å². The molecule has 0 radical (unpaired) electrons. The molecule has 2 aromatic rings. The Bertz CT molecular complexity index is 616. The lowest BCUT2D eigenvalue weighted by Crippen LogP contribution is -2.02. The molecule has 2 rings (SSSR count). The summed E-state index contributed by atoms with van der Waals surface area (Å²) in [6.45, 7) is 2.08. The predicted octanol–water partition coefficient (Wildman–Crippen LogP) is 3.97. The quantitative estimate of drug-likeness (QED) is 0.933. The van der Waals surface area contributed by atoms with Crippen molar-refractivity contribution in [3.8, 4) is 6.07 Å². The van der Waals surface area contributed by atoms with Crippen LogP contribution in [0.1, 0.15) is 16.9 Å². The van der Waals surface area contributed by atoms with Gasteiger partial charge in [-0.3, -0.25) is 0 Å². The molecule has 1 aromatic carbocycles. The van der Waals surface area contributed by atoms with E-state index in [-0.39, 0.29) is 0 Å². The summed E-state index contributed by atoms with van der Waals surface area (Å²) in [7, 11) is 0. The number of hydrogen-bond acceptors (Lipinski definition) is 3. The first-order valence-corrected chi connectivity index (χ1v) is 6.07. The fourth-order valence-electron chi connectivity index (χ4n) is 1.55. The molecule has 3 nitrogen and oxygen atoms in total. The number of nitrogens with zero attached hydrogens (tertiary/aromatic N) is 1. The molecule has 0 aliphatic carbocycles. The molecule has 0 atom stereocenters. The Labute approximate surface area is 112 Å². The Balaban J connectivity index is 2.22. The van der Waals surface area contributed by atoms with Gasteiger partial charge in [-0.1, -0.05) is 0 Å². The number of nitriles is 1. The molecule has 0 saturated heterocycles. The summed E-state index contributed by atoms with van der Waals surface area (Å²) in [4.78, 5) is 0. The minimum atomic E-state index is -0.393. The standard InChI is InChI=1S/C13H10BrFN2O/c1-8-11(15)4-9(6-16)5-12(8)17-7-13-10(14)2-3-18-13/h2-5,17H,7H2,1H3. The second-order valence-corrected chi connectivity index (χ2v) is 4.64. The van der Waals surface area contributed by atoms with Crippen molar-refractivity contribution >= 4 is 21.6 Å². The maximum atomic E-state index is 13.5. The molecule has 1 aromatic heterocycles. The van der Waals surface area contributed by atoms with Gasteiger partial charge in [0, 0.05) is 11.3 Å².